The van der Waals surface area contributed by atoms with Gasteiger partial charge < -0.3 is 9.47 Å². The van der Waals surface area contributed by atoms with Gasteiger partial charge in [0.1, 0.15) is 0 Å². The summed E-state index contributed by atoms with van der Waals surface area (Å²) in [7, 11) is 3.14. The molecule has 0 N–H and O–H groups in total. The second-order valence-corrected chi connectivity index (χ2v) is 2.18. The van der Waals surface area contributed by atoms with Crippen LogP contribution in [0.5, 0.6) is 0 Å². The zero-order valence-corrected chi connectivity index (χ0v) is 6.63. The molecule has 0 spiro atoms. The van der Waals surface area contributed by atoms with Gasteiger partial charge in [0.15, 0.2) is 6.29 Å². The number of nitriles is 1. The van der Waals surface area contributed by atoms with Crippen molar-refractivity contribution in [3.63, 3.8) is 0 Å². The summed E-state index contributed by atoms with van der Waals surface area (Å²) in [5.74, 6) is 0.139. The molecule has 0 bridgehead atoms. The number of nitrogens with zero attached hydrogens (tertiary/aromatic N) is 1. The van der Waals surface area contributed by atoms with Crippen LogP contribution < -0.4 is 0 Å². The van der Waals surface area contributed by atoms with Gasteiger partial charge in [-0.25, -0.2) is 0 Å². The van der Waals surface area contributed by atoms with Crippen LogP contribution in [0, 0.1) is 17.2 Å². The Hall–Kier alpha value is -0.590. The Morgan fingerprint density at radius 1 is 1.40 bits per heavy atom. The van der Waals surface area contributed by atoms with Crippen LogP contribution in [0.4, 0.5) is 0 Å². The SMILES string of the molecule is COC(OC)C(C)CC#N. The first-order valence-electron chi connectivity index (χ1n) is 3.18. The molecule has 0 saturated carbocycles. The first kappa shape index (κ1) is 9.41. The van der Waals surface area contributed by atoms with Crippen molar-refractivity contribution in [2.24, 2.45) is 5.92 Å². The highest BCUT2D eigenvalue weighted by Gasteiger charge is 2.14. The van der Waals surface area contributed by atoms with E-state index >= 15 is 0 Å². The fourth-order valence-corrected chi connectivity index (χ4v) is 0.801. The summed E-state index contributed by atoms with van der Waals surface area (Å²) < 4.78 is 9.88. The van der Waals surface area contributed by atoms with Gasteiger partial charge in [-0.2, -0.15) is 5.26 Å². The second kappa shape index (κ2) is 5.21. The molecule has 1 unspecified atom stereocenters. The Kier molecular flexibility index (Phi) is 4.91. The Morgan fingerprint density at radius 2 is 1.90 bits per heavy atom. The zero-order valence-electron chi connectivity index (χ0n) is 6.63. The molecule has 0 heterocycles. The molecule has 1 atom stereocenters. The molecule has 0 saturated heterocycles. The summed E-state index contributed by atoms with van der Waals surface area (Å²) in [6, 6.07) is 2.06. The van der Waals surface area contributed by atoms with E-state index in [9.17, 15) is 0 Å². The Morgan fingerprint density at radius 3 is 2.20 bits per heavy atom. The molecule has 0 amide bonds. The maximum Gasteiger partial charge on any atom is 0.160 e. The van der Waals surface area contributed by atoms with E-state index in [1.807, 2.05) is 6.92 Å². The number of hydrogen-bond donors (Lipinski definition) is 0. The molecule has 3 heteroatoms. The summed E-state index contributed by atoms with van der Waals surface area (Å²) in [6.45, 7) is 1.92. The highest BCUT2D eigenvalue weighted by atomic mass is 16.7. The summed E-state index contributed by atoms with van der Waals surface area (Å²) in [4.78, 5) is 0. The highest BCUT2D eigenvalue weighted by molar-refractivity contribution is 4.74. The van der Waals surface area contributed by atoms with Crippen LogP contribution in [0.3, 0.4) is 0 Å². The maximum atomic E-state index is 8.32. The maximum absolute atomic E-state index is 8.32. The van der Waals surface area contributed by atoms with Crippen molar-refractivity contribution in [2.75, 3.05) is 14.2 Å². The third kappa shape index (κ3) is 2.81. The van der Waals surface area contributed by atoms with E-state index in [-0.39, 0.29) is 12.2 Å². The summed E-state index contributed by atoms with van der Waals surface area (Å²) in [5, 5.41) is 8.32. The van der Waals surface area contributed by atoms with Crippen molar-refractivity contribution in [2.45, 2.75) is 19.6 Å². The lowest BCUT2D eigenvalue weighted by atomic mass is 10.1. The predicted octanol–water partition coefficient (Wildman–Crippen LogP) is 1.16. The molecule has 0 aliphatic heterocycles. The summed E-state index contributed by atoms with van der Waals surface area (Å²) in [5.41, 5.74) is 0. The third-order valence-corrected chi connectivity index (χ3v) is 1.34. The van der Waals surface area contributed by atoms with Gasteiger partial charge in [-0.05, 0) is 0 Å². The molecule has 0 aliphatic rings. The average Bonchev–Trinajstić information content (AvgIpc) is 1.91. The summed E-state index contributed by atoms with van der Waals surface area (Å²) >= 11 is 0. The molecular formula is C7H13NO2. The van der Waals surface area contributed by atoms with Crippen molar-refractivity contribution in [1.82, 2.24) is 0 Å². The van der Waals surface area contributed by atoms with E-state index in [2.05, 4.69) is 6.07 Å². The Balaban J connectivity index is 3.66. The largest absolute Gasteiger partial charge is 0.356 e. The zero-order chi connectivity index (χ0) is 7.98. The Labute approximate surface area is 61.5 Å². The van der Waals surface area contributed by atoms with Gasteiger partial charge in [0.25, 0.3) is 0 Å². The number of hydrogen-bond acceptors (Lipinski definition) is 3. The van der Waals surface area contributed by atoms with Crippen LogP contribution >= 0.6 is 0 Å². The monoisotopic (exact) mass is 143 g/mol. The first-order chi connectivity index (χ1) is 4.76. The average molecular weight is 143 g/mol. The van der Waals surface area contributed by atoms with Crippen molar-refractivity contribution in [3.05, 3.63) is 0 Å². The van der Waals surface area contributed by atoms with E-state index < -0.39 is 0 Å². The lowest BCUT2D eigenvalue weighted by molar-refractivity contribution is -0.131. The quantitative estimate of drug-likeness (QED) is 0.554. The van der Waals surface area contributed by atoms with Crippen LogP contribution in [0.2, 0.25) is 0 Å². The highest BCUT2D eigenvalue weighted by Crippen LogP contribution is 2.10. The van der Waals surface area contributed by atoms with E-state index in [0.717, 1.165) is 0 Å². The van der Waals surface area contributed by atoms with Crippen molar-refractivity contribution in [3.8, 4) is 6.07 Å². The van der Waals surface area contributed by atoms with Gasteiger partial charge >= 0.3 is 0 Å². The molecular weight excluding hydrogens is 130 g/mol. The molecule has 0 radical (unpaired) electrons. The molecule has 0 aromatic rings. The molecule has 0 rings (SSSR count). The number of ether oxygens (including phenoxy) is 2. The third-order valence-electron chi connectivity index (χ3n) is 1.34. The second-order valence-electron chi connectivity index (χ2n) is 2.18. The van der Waals surface area contributed by atoms with Crippen LogP contribution in [-0.2, 0) is 9.47 Å². The van der Waals surface area contributed by atoms with Gasteiger partial charge in [-0.1, -0.05) is 6.92 Å². The fraction of sp³-hybridized carbons (Fsp3) is 0.857. The fourth-order valence-electron chi connectivity index (χ4n) is 0.801. The van der Waals surface area contributed by atoms with Gasteiger partial charge in [-0.3, -0.25) is 0 Å². The lowest BCUT2D eigenvalue weighted by Gasteiger charge is -2.17. The van der Waals surface area contributed by atoms with Crippen molar-refractivity contribution < 1.29 is 9.47 Å². The number of rotatable bonds is 4. The predicted molar refractivity (Wildman–Crippen MR) is 37.2 cm³/mol. The minimum atomic E-state index is -0.250. The molecule has 0 aromatic heterocycles. The van der Waals surface area contributed by atoms with E-state index in [0.29, 0.717) is 6.42 Å². The molecule has 10 heavy (non-hydrogen) atoms. The van der Waals surface area contributed by atoms with E-state index in [1.165, 1.54) is 0 Å². The van der Waals surface area contributed by atoms with Gasteiger partial charge in [0, 0.05) is 26.6 Å². The topological polar surface area (TPSA) is 42.2 Å². The van der Waals surface area contributed by atoms with Gasteiger partial charge in [0.2, 0.25) is 0 Å². The lowest BCUT2D eigenvalue weighted by Crippen LogP contribution is -2.21. The van der Waals surface area contributed by atoms with Gasteiger partial charge in [-0.15, -0.1) is 0 Å². The number of methoxy groups -OCH3 is 2. The van der Waals surface area contributed by atoms with Crippen LogP contribution in [0.15, 0.2) is 0 Å². The summed E-state index contributed by atoms with van der Waals surface area (Å²) in [6.07, 6.45) is 0.214. The standard InChI is InChI=1S/C7H13NO2/c1-6(4-5-8)7(9-2)10-3/h6-7H,4H2,1-3H3. The van der Waals surface area contributed by atoms with Crippen molar-refractivity contribution in [1.29, 1.82) is 5.26 Å². The normalized spacial score (nSPS) is 13.1. The minimum Gasteiger partial charge on any atom is -0.356 e. The molecule has 3 nitrogen and oxygen atoms in total. The van der Waals surface area contributed by atoms with Crippen LogP contribution in [0.25, 0.3) is 0 Å². The molecule has 0 aliphatic carbocycles. The first-order valence-corrected chi connectivity index (χ1v) is 3.18. The smallest absolute Gasteiger partial charge is 0.160 e. The van der Waals surface area contributed by atoms with Crippen LogP contribution in [0.1, 0.15) is 13.3 Å². The molecule has 0 fully saturated rings. The van der Waals surface area contributed by atoms with Gasteiger partial charge in [0.05, 0.1) is 6.07 Å². The minimum absolute atomic E-state index is 0.139. The van der Waals surface area contributed by atoms with E-state index in [4.69, 9.17) is 14.7 Å². The van der Waals surface area contributed by atoms with E-state index in [1.54, 1.807) is 14.2 Å². The van der Waals surface area contributed by atoms with Crippen LogP contribution in [-0.4, -0.2) is 20.5 Å². The Bertz CT molecular complexity index is 115. The van der Waals surface area contributed by atoms with Crippen molar-refractivity contribution >= 4 is 0 Å². The molecule has 0 aromatic carbocycles. The molecule has 58 valence electrons.